The Morgan fingerprint density at radius 3 is 2.80 bits per heavy atom. The van der Waals surface area contributed by atoms with E-state index < -0.39 is 0 Å². The quantitative estimate of drug-likeness (QED) is 0.895. The molecule has 0 bridgehead atoms. The summed E-state index contributed by atoms with van der Waals surface area (Å²) in [7, 11) is 0. The molecule has 106 valence electrons. The molecule has 1 N–H and O–H groups in total. The van der Waals surface area contributed by atoms with Gasteiger partial charge in [-0.05, 0) is 36.4 Å². The van der Waals surface area contributed by atoms with E-state index in [0.29, 0.717) is 12.8 Å². The van der Waals surface area contributed by atoms with Crippen LogP contribution >= 0.6 is 0 Å². The number of fused-ring (bicyclic) bond motifs is 2. The van der Waals surface area contributed by atoms with E-state index in [4.69, 9.17) is 9.47 Å². The monoisotopic (exact) mass is 272 g/mol. The Morgan fingerprint density at radius 2 is 2.05 bits per heavy atom. The minimum Gasteiger partial charge on any atom is -0.454 e. The number of anilines is 1. The molecule has 1 aromatic heterocycles. The minimum atomic E-state index is 0.301. The topological polar surface area (TPSA) is 43.4 Å². The van der Waals surface area contributed by atoms with Crippen LogP contribution in [-0.2, 0) is 0 Å². The van der Waals surface area contributed by atoms with E-state index in [-0.39, 0.29) is 0 Å². The number of nitrogens with one attached hydrogen (secondary N) is 1. The van der Waals surface area contributed by atoms with Gasteiger partial charge >= 0.3 is 0 Å². The van der Waals surface area contributed by atoms with Crippen LogP contribution in [0.25, 0.3) is 10.8 Å². The van der Waals surface area contributed by atoms with E-state index in [1.54, 1.807) is 0 Å². The van der Waals surface area contributed by atoms with Crippen LogP contribution in [0.1, 0.15) is 33.1 Å². The summed E-state index contributed by atoms with van der Waals surface area (Å²) in [6.45, 7) is 4.71. The van der Waals surface area contributed by atoms with Crippen LogP contribution < -0.4 is 14.8 Å². The van der Waals surface area contributed by atoms with Gasteiger partial charge in [0.15, 0.2) is 11.5 Å². The first-order valence-corrected chi connectivity index (χ1v) is 7.26. The lowest BCUT2D eigenvalue weighted by molar-refractivity contribution is 0.174. The summed E-state index contributed by atoms with van der Waals surface area (Å²) in [6, 6.07) is 6.50. The highest BCUT2D eigenvalue weighted by molar-refractivity contribution is 5.94. The molecular weight excluding hydrogens is 252 g/mol. The minimum absolute atomic E-state index is 0.301. The third-order valence-electron chi connectivity index (χ3n) is 3.73. The second-order valence-corrected chi connectivity index (χ2v) is 5.12. The molecule has 20 heavy (non-hydrogen) atoms. The molecule has 2 heterocycles. The van der Waals surface area contributed by atoms with Crippen LogP contribution in [0.2, 0.25) is 0 Å². The van der Waals surface area contributed by atoms with Gasteiger partial charge in [-0.15, -0.1) is 0 Å². The van der Waals surface area contributed by atoms with E-state index in [1.165, 1.54) is 6.42 Å². The predicted octanol–water partition coefficient (Wildman–Crippen LogP) is 3.95. The standard InChI is InChI=1S/C16H20N2O2/c1-3-5-12(4-2)18-16-13-9-15-14(19-10-20-15)8-11(13)6-7-17-16/h6-9,12H,3-5,10H2,1-2H3,(H,17,18). The molecule has 1 aliphatic rings. The molecule has 0 spiro atoms. The molecule has 0 saturated heterocycles. The SMILES string of the molecule is CCCC(CC)Nc1nccc2cc3c(cc12)OCO3. The molecule has 0 aliphatic carbocycles. The second kappa shape index (κ2) is 5.57. The zero-order valence-corrected chi connectivity index (χ0v) is 12.0. The molecule has 1 aliphatic heterocycles. The lowest BCUT2D eigenvalue weighted by atomic mass is 10.1. The molecule has 1 atom stereocenters. The molecule has 1 unspecified atom stereocenters. The summed E-state index contributed by atoms with van der Waals surface area (Å²) in [5.74, 6) is 2.55. The van der Waals surface area contributed by atoms with Crippen LogP contribution in [0.5, 0.6) is 11.5 Å². The van der Waals surface area contributed by atoms with E-state index in [1.807, 2.05) is 24.4 Å². The molecule has 2 aromatic rings. The molecule has 0 amide bonds. The van der Waals surface area contributed by atoms with Crippen molar-refractivity contribution in [3.8, 4) is 11.5 Å². The second-order valence-electron chi connectivity index (χ2n) is 5.12. The van der Waals surface area contributed by atoms with Crippen LogP contribution in [0.3, 0.4) is 0 Å². The normalized spacial score (nSPS) is 14.5. The van der Waals surface area contributed by atoms with E-state index in [2.05, 4.69) is 24.1 Å². The Labute approximate surface area is 119 Å². The van der Waals surface area contributed by atoms with Gasteiger partial charge in [-0.3, -0.25) is 0 Å². The maximum atomic E-state index is 5.46. The van der Waals surface area contributed by atoms with Crippen molar-refractivity contribution in [1.29, 1.82) is 0 Å². The van der Waals surface area contributed by atoms with Crippen LogP contribution in [0, 0.1) is 0 Å². The van der Waals surface area contributed by atoms with Crippen molar-refractivity contribution in [1.82, 2.24) is 4.98 Å². The Bertz CT molecular complexity index is 613. The fourth-order valence-corrected chi connectivity index (χ4v) is 2.60. The summed E-state index contributed by atoms with van der Waals surface area (Å²) in [4.78, 5) is 4.49. The number of hydrogen-bond acceptors (Lipinski definition) is 4. The van der Waals surface area contributed by atoms with Gasteiger partial charge in [-0.1, -0.05) is 20.3 Å². The number of nitrogens with zero attached hydrogens (tertiary/aromatic N) is 1. The maximum absolute atomic E-state index is 5.46. The van der Waals surface area contributed by atoms with Gasteiger partial charge in [0.05, 0.1) is 0 Å². The Kier molecular flexibility index (Phi) is 3.63. The van der Waals surface area contributed by atoms with E-state index >= 15 is 0 Å². The lowest BCUT2D eigenvalue weighted by Crippen LogP contribution is -2.18. The summed E-state index contributed by atoms with van der Waals surface area (Å²) in [6.07, 6.45) is 5.25. The van der Waals surface area contributed by atoms with Crippen molar-refractivity contribution in [3.05, 3.63) is 24.4 Å². The average Bonchev–Trinajstić information content (AvgIpc) is 2.92. The van der Waals surface area contributed by atoms with Crippen LogP contribution in [0.15, 0.2) is 24.4 Å². The third-order valence-corrected chi connectivity index (χ3v) is 3.73. The zero-order chi connectivity index (χ0) is 13.9. The zero-order valence-electron chi connectivity index (χ0n) is 12.0. The maximum Gasteiger partial charge on any atom is 0.231 e. The molecule has 4 heteroatoms. The summed E-state index contributed by atoms with van der Waals surface area (Å²) < 4.78 is 10.9. The van der Waals surface area contributed by atoms with E-state index in [0.717, 1.165) is 40.9 Å². The first-order valence-electron chi connectivity index (χ1n) is 7.26. The van der Waals surface area contributed by atoms with Crippen molar-refractivity contribution in [2.45, 2.75) is 39.2 Å². The van der Waals surface area contributed by atoms with Crippen LogP contribution in [0.4, 0.5) is 5.82 Å². The Morgan fingerprint density at radius 1 is 1.25 bits per heavy atom. The largest absolute Gasteiger partial charge is 0.454 e. The number of ether oxygens (including phenoxy) is 2. The molecule has 1 aromatic carbocycles. The lowest BCUT2D eigenvalue weighted by Gasteiger charge is -2.18. The van der Waals surface area contributed by atoms with Crippen molar-refractivity contribution in [2.24, 2.45) is 0 Å². The average molecular weight is 272 g/mol. The highest BCUT2D eigenvalue weighted by atomic mass is 16.7. The third kappa shape index (κ3) is 2.38. The summed E-state index contributed by atoms with van der Waals surface area (Å²) in [5, 5.41) is 5.77. The first-order chi connectivity index (χ1) is 9.81. The molecule has 0 fully saturated rings. The van der Waals surface area contributed by atoms with Crippen molar-refractivity contribution in [2.75, 3.05) is 12.1 Å². The Hall–Kier alpha value is -1.97. The van der Waals surface area contributed by atoms with Gasteiger partial charge < -0.3 is 14.8 Å². The number of benzene rings is 1. The predicted molar refractivity (Wildman–Crippen MR) is 80.5 cm³/mol. The van der Waals surface area contributed by atoms with Gasteiger partial charge in [-0.2, -0.15) is 0 Å². The fraction of sp³-hybridized carbons (Fsp3) is 0.438. The van der Waals surface area contributed by atoms with Gasteiger partial charge in [-0.25, -0.2) is 4.98 Å². The molecule has 0 radical (unpaired) electrons. The summed E-state index contributed by atoms with van der Waals surface area (Å²) in [5.41, 5.74) is 0. The number of hydrogen-bond donors (Lipinski definition) is 1. The van der Waals surface area contributed by atoms with Gasteiger partial charge in [0, 0.05) is 17.6 Å². The first kappa shape index (κ1) is 13.0. The van der Waals surface area contributed by atoms with Crippen molar-refractivity contribution in [3.63, 3.8) is 0 Å². The van der Waals surface area contributed by atoms with Crippen LogP contribution in [-0.4, -0.2) is 17.8 Å². The smallest absolute Gasteiger partial charge is 0.231 e. The highest BCUT2D eigenvalue weighted by Gasteiger charge is 2.16. The van der Waals surface area contributed by atoms with Crippen molar-refractivity contribution < 1.29 is 9.47 Å². The van der Waals surface area contributed by atoms with Gasteiger partial charge in [0.1, 0.15) is 5.82 Å². The number of aromatic nitrogens is 1. The van der Waals surface area contributed by atoms with Gasteiger partial charge in [0.25, 0.3) is 0 Å². The van der Waals surface area contributed by atoms with Crippen molar-refractivity contribution >= 4 is 16.6 Å². The molecule has 4 nitrogen and oxygen atoms in total. The molecule has 0 saturated carbocycles. The number of rotatable bonds is 5. The van der Waals surface area contributed by atoms with Gasteiger partial charge in [0.2, 0.25) is 6.79 Å². The fourth-order valence-electron chi connectivity index (χ4n) is 2.60. The summed E-state index contributed by atoms with van der Waals surface area (Å²) >= 11 is 0. The Balaban J connectivity index is 1.98. The number of pyridine rings is 1. The molecule has 3 rings (SSSR count). The molecular formula is C16H20N2O2. The van der Waals surface area contributed by atoms with E-state index in [9.17, 15) is 0 Å². The highest BCUT2D eigenvalue weighted by Crippen LogP contribution is 2.37.